The summed E-state index contributed by atoms with van der Waals surface area (Å²) in [4.78, 5) is 20.0. The molecule has 2 atom stereocenters. The van der Waals surface area contributed by atoms with Crippen molar-refractivity contribution in [1.29, 1.82) is 0 Å². The van der Waals surface area contributed by atoms with Crippen molar-refractivity contribution in [2.75, 3.05) is 11.9 Å². The number of nitrogens with two attached hydrogens (primary N) is 1. The van der Waals surface area contributed by atoms with Crippen LogP contribution in [0, 0.1) is 0 Å². The molecule has 0 saturated heterocycles. The summed E-state index contributed by atoms with van der Waals surface area (Å²) in [7, 11) is -3.75. The number of nitrogens with one attached hydrogen (secondary N) is 2. The third-order valence-electron chi connectivity index (χ3n) is 4.64. The van der Waals surface area contributed by atoms with Crippen LogP contribution in [-0.4, -0.2) is 43.6 Å². The summed E-state index contributed by atoms with van der Waals surface area (Å²) >= 11 is 0. The zero-order chi connectivity index (χ0) is 21.7. The van der Waals surface area contributed by atoms with Crippen LogP contribution >= 0.6 is 0 Å². The number of hydrogen-bond acceptors (Lipinski definition) is 7. The lowest BCUT2D eigenvalue weighted by Crippen LogP contribution is -2.31. The molecular formula is C18H21F2N5O4S. The van der Waals surface area contributed by atoms with Gasteiger partial charge in [-0.15, -0.1) is 0 Å². The van der Waals surface area contributed by atoms with Gasteiger partial charge in [0.2, 0.25) is 16.0 Å². The van der Waals surface area contributed by atoms with E-state index < -0.39 is 29.1 Å². The molecule has 0 bridgehead atoms. The Morgan fingerprint density at radius 3 is 2.47 bits per heavy atom. The Labute approximate surface area is 172 Å². The second-order valence-electron chi connectivity index (χ2n) is 6.84. The number of primary sulfonamides is 1. The van der Waals surface area contributed by atoms with E-state index in [9.17, 15) is 22.0 Å². The molecule has 9 nitrogen and oxygen atoms in total. The average Bonchev–Trinajstić information content (AvgIpc) is 3.15. The summed E-state index contributed by atoms with van der Waals surface area (Å²) in [5.74, 6) is 0.431. The van der Waals surface area contributed by atoms with E-state index in [1.54, 1.807) is 24.5 Å². The van der Waals surface area contributed by atoms with E-state index in [1.807, 2.05) is 5.32 Å². The van der Waals surface area contributed by atoms with Crippen LogP contribution in [0.2, 0.25) is 0 Å². The van der Waals surface area contributed by atoms with Gasteiger partial charge >= 0.3 is 6.09 Å². The first-order valence-electron chi connectivity index (χ1n) is 9.15. The fourth-order valence-corrected chi connectivity index (χ4v) is 3.69. The minimum Gasteiger partial charge on any atom is -0.446 e. The second-order valence-corrected chi connectivity index (χ2v) is 8.41. The molecule has 30 heavy (non-hydrogen) atoms. The Kier molecular flexibility index (Phi) is 6.77. The van der Waals surface area contributed by atoms with E-state index in [1.165, 1.54) is 12.1 Å². The number of nitrogens with zero attached hydrogens (tertiary/aromatic N) is 2. The maximum atomic E-state index is 12.1. The van der Waals surface area contributed by atoms with Gasteiger partial charge in [-0.3, -0.25) is 0 Å². The molecule has 162 valence electrons. The van der Waals surface area contributed by atoms with Crippen LogP contribution in [-0.2, 0) is 14.8 Å². The molecule has 4 N–H and O–H groups in total. The third-order valence-corrected chi connectivity index (χ3v) is 5.57. The first kappa shape index (κ1) is 21.8. The first-order chi connectivity index (χ1) is 14.2. The molecule has 0 unspecified atom stereocenters. The number of sulfonamides is 1. The minimum absolute atomic E-state index is 0.00482. The number of carbonyl (C=O) groups is 1. The number of benzene rings is 1. The average molecular weight is 441 g/mol. The van der Waals surface area contributed by atoms with Crippen molar-refractivity contribution < 1.29 is 26.7 Å². The van der Waals surface area contributed by atoms with Crippen LogP contribution in [0.25, 0.3) is 0 Å². The zero-order valence-corrected chi connectivity index (χ0v) is 16.6. The van der Waals surface area contributed by atoms with E-state index in [4.69, 9.17) is 9.88 Å². The molecule has 1 saturated carbocycles. The Morgan fingerprint density at radius 2 is 1.87 bits per heavy atom. The highest BCUT2D eigenvalue weighted by atomic mass is 32.2. The third kappa shape index (κ3) is 6.07. The lowest BCUT2D eigenvalue weighted by molar-refractivity contribution is 0.0889. The number of aromatic nitrogens is 2. The minimum atomic E-state index is -3.75. The van der Waals surface area contributed by atoms with E-state index in [0.29, 0.717) is 24.5 Å². The number of halogens is 2. The lowest BCUT2D eigenvalue weighted by Gasteiger charge is -2.13. The van der Waals surface area contributed by atoms with Crippen LogP contribution in [0.1, 0.15) is 30.7 Å². The Hall–Kier alpha value is -2.86. The molecule has 0 spiro atoms. The Morgan fingerprint density at radius 1 is 1.20 bits per heavy atom. The predicted octanol–water partition coefficient (Wildman–Crippen LogP) is 2.50. The van der Waals surface area contributed by atoms with Crippen molar-refractivity contribution in [3.05, 3.63) is 42.2 Å². The number of rotatable bonds is 7. The molecule has 1 aliphatic rings. The van der Waals surface area contributed by atoms with Crippen molar-refractivity contribution >= 4 is 27.8 Å². The summed E-state index contributed by atoms with van der Waals surface area (Å²) in [6.07, 6.45) is 1.47. The number of hydrogen-bond donors (Lipinski definition) is 3. The van der Waals surface area contributed by atoms with Gasteiger partial charge in [0.05, 0.1) is 11.4 Å². The molecule has 1 fully saturated rings. The van der Waals surface area contributed by atoms with Gasteiger partial charge in [0, 0.05) is 18.1 Å². The van der Waals surface area contributed by atoms with Crippen molar-refractivity contribution in [3.63, 3.8) is 0 Å². The van der Waals surface area contributed by atoms with Crippen LogP contribution in [0.15, 0.2) is 41.6 Å². The topological polar surface area (TPSA) is 136 Å². The van der Waals surface area contributed by atoms with Crippen LogP contribution in [0.4, 0.5) is 25.2 Å². The number of anilines is 2. The van der Waals surface area contributed by atoms with Gasteiger partial charge in [-0.05, 0) is 55.0 Å². The lowest BCUT2D eigenvalue weighted by atomic mass is 10.0. The standard InChI is InChI=1S/C18H21F2N5O4S/c19-16(20)10-24-18(26)29-14-4-1-11(7-14)12-8-22-17(23-9-12)25-13-2-5-15(6-3-13)30(21,27)28/h2-3,5-6,8-9,11,14,16H,1,4,7,10H2,(H,24,26)(H2,21,27,28)(H,22,23,25)/t11-,14+/m0/s1. The summed E-state index contributed by atoms with van der Waals surface area (Å²) < 4.78 is 51.9. The molecule has 12 heteroatoms. The summed E-state index contributed by atoms with van der Waals surface area (Å²) in [6.45, 7) is -0.734. The monoisotopic (exact) mass is 441 g/mol. The molecule has 1 amide bonds. The smallest absolute Gasteiger partial charge is 0.407 e. The predicted molar refractivity (Wildman–Crippen MR) is 104 cm³/mol. The van der Waals surface area contributed by atoms with Crippen LogP contribution in [0.3, 0.4) is 0 Å². The van der Waals surface area contributed by atoms with Crippen LogP contribution in [0.5, 0.6) is 0 Å². The van der Waals surface area contributed by atoms with Crippen LogP contribution < -0.4 is 15.8 Å². The summed E-state index contributed by atoms with van der Waals surface area (Å²) in [5, 5.41) is 10.0. The highest BCUT2D eigenvalue weighted by Gasteiger charge is 2.29. The maximum Gasteiger partial charge on any atom is 0.407 e. The van der Waals surface area contributed by atoms with Crippen molar-refractivity contribution in [2.24, 2.45) is 5.14 Å². The maximum absolute atomic E-state index is 12.1. The van der Waals surface area contributed by atoms with E-state index in [0.717, 1.165) is 12.0 Å². The quantitative estimate of drug-likeness (QED) is 0.600. The molecule has 2 aromatic rings. The molecule has 0 radical (unpaired) electrons. The SMILES string of the molecule is NS(=O)(=O)c1ccc(Nc2ncc([C@H]3CC[C@@H](OC(=O)NCC(F)F)C3)cn2)cc1. The van der Waals surface area contributed by atoms with Gasteiger partial charge in [-0.2, -0.15) is 0 Å². The van der Waals surface area contributed by atoms with Gasteiger partial charge in [-0.25, -0.2) is 37.1 Å². The highest BCUT2D eigenvalue weighted by Crippen LogP contribution is 2.35. The fraction of sp³-hybridized carbons (Fsp3) is 0.389. The second kappa shape index (κ2) is 9.30. The van der Waals surface area contributed by atoms with Gasteiger partial charge < -0.3 is 15.4 Å². The fourth-order valence-electron chi connectivity index (χ4n) is 3.17. The Bertz CT molecular complexity index is 971. The van der Waals surface area contributed by atoms with Crippen molar-refractivity contribution in [2.45, 2.75) is 42.6 Å². The van der Waals surface area contributed by atoms with Gasteiger partial charge in [-0.1, -0.05) is 0 Å². The van der Waals surface area contributed by atoms with Gasteiger partial charge in [0.25, 0.3) is 6.43 Å². The number of ether oxygens (including phenoxy) is 1. The van der Waals surface area contributed by atoms with E-state index in [2.05, 4.69) is 15.3 Å². The molecule has 1 aromatic carbocycles. The molecule has 3 rings (SSSR count). The van der Waals surface area contributed by atoms with E-state index in [-0.39, 0.29) is 16.9 Å². The zero-order valence-electron chi connectivity index (χ0n) is 15.8. The number of amides is 1. The normalized spacial score (nSPS) is 18.9. The summed E-state index contributed by atoms with van der Waals surface area (Å²) in [6, 6.07) is 5.86. The molecule has 1 heterocycles. The largest absolute Gasteiger partial charge is 0.446 e. The van der Waals surface area contributed by atoms with Gasteiger partial charge in [0.15, 0.2) is 0 Å². The highest BCUT2D eigenvalue weighted by molar-refractivity contribution is 7.89. The molecule has 1 aromatic heterocycles. The Balaban J connectivity index is 1.53. The number of alkyl halides is 2. The number of alkyl carbamates (subject to hydrolysis) is 1. The first-order valence-corrected chi connectivity index (χ1v) is 10.7. The number of carbonyl (C=O) groups excluding carboxylic acids is 1. The molecule has 1 aliphatic carbocycles. The van der Waals surface area contributed by atoms with E-state index >= 15 is 0 Å². The molecular weight excluding hydrogens is 420 g/mol. The van der Waals surface area contributed by atoms with Gasteiger partial charge in [0.1, 0.15) is 6.10 Å². The van der Waals surface area contributed by atoms with Crippen molar-refractivity contribution in [1.82, 2.24) is 15.3 Å². The summed E-state index contributed by atoms with van der Waals surface area (Å²) in [5.41, 5.74) is 1.48. The molecule has 0 aliphatic heterocycles. The van der Waals surface area contributed by atoms with Crippen molar-refractivity contribution in [3.8, 4) is 0 Å².